The lowest BCUT2D eigenvalue weighted by atomic mass is 10.0. The van der Waals surface area contributed by atoms with Crippen molar-refractivity contribution < 1.29 is 37.3 Å². The maximum absolute atomic E-state index is 13.6. The molecule has 0 aliphatic rings. The van der Waals surface area contributed by atoms with Crippen LogP contribution in [0.5, 0.6) is 0 Å². The number of unbranched alkanes of at least 4 members (excludes halogenated alkanes) is 34. The van der Waals surface area contributed by atoms with Crippen molar-refractivity contribution in [3.8, 4) is 0 Å². The molecule has 3 atom stereocenters. The molecule has 1 amide bonds. The Hall–Kier alpha value is -2.81. The van der Waals surface area contributed by atoms with E-state index in [0.29, 0.717) is 17.4 Å². The molecule has 0 bridgehead atoms. The maximum Gasteiger partial charge on any atom is 0.472 e. The largest absolute Gasteiger partial charge is 0.472 e. The third-order valence-corrected chi connectivity index (χ3v) is 16.0. The minimum Gasteiger partial charge on any atom is -0.456 e. The highest BCUT2D eigenvalue weighted by molar-refractivity contribution is 7.47. The van der Waals surface area contributed by atoms with Crippen molar-refractivity contribution in [3.63, 3.8) is 0 Å². The van der Waals surface area contributed by atoms with E-state index in [1.165, 1.54) is 180 Å². The fourth-order valence-corrected chi connectivity index (χ4v) is 10.5. The maximum atomic E-state index is 13.6. The van der Waals surface area contributed by atoms with Crippen LogP contribution in [0.3, 0.4) is 0 Å². The number of likely N-dealkylation sites (N-methyl/N-ethyl adjacent to an activating group) is 1. The van der Waals surface area contributed by atoms with Gasteiger partial charge < -0.3 is 19.4 Å². The molecule has 9 nitrogen and oxygen atoms in total. The number of allylic oxidation sites excluding steroid dienone is 13. The smallest absolute Gasteiger partial charge is 0.456 e. The molecule has 3 unspecified atom stereocenters. The molecule has 0 aromatic rings. The summed E-state index contributed by atoms with van der Waals surface area (Å²) in [6.45, 7) is 6.97. The summed E-state index contributed by atoms with van der Waals surface area (Å²) >= 11 is 0. The molecule has 82 heavy (non-hydrogen) atoms. The van der Waals surface area contributed by atoms with Crippen LogP contribution in [0.1, 0.15) is 310 Å². The molecule has 2 N–H and O–H groups in total. The van der Waals surface area contributed by atoms with E-state index >= 15 is 0 Å². The molecule has 0 fully saturated rings. The van der Waals surface area contributed by atoms with Crippen molar-refractivity contribution in [2.45, 2.75) is 322 Å². The monoisotopic (exact) mass is 1170 g/mol. The van der Waals surface area contributed by atoms with Crippen LogP contribution in [0.2, 0.25) is 0 Å². The van der Waals surface area contributed by atoms with Gasteiger partial charge in [-0.1, -0.05) is 273 Å². The molecular formula is C72H132N2O7P+. The van der Waals surface area contributed by atoms with Gasteiger partial charge in [-0.25, -0.2) is 4.57 Å². The van der Waals surface area contributed by atoms with Crippen LogP contribution >= 0.6 is 7.82 Å². The molecule has 10 heteroatoms. The quantitative estimate of drug-likeness (QED) is 0.0205. The van der Waals surface area contributed by atoms with E-state index in [-0.39, 0.29) is 31.5 Å². The van der Waals surface area contributed by atoms with Crippen molar-refractivity contribution in [1.29, 1.82) is 0 Å². The van der Waals surface area contributed by atoms with Crippen LogP contribution < -0.4 is 5.32 Å². The van der Waals surface area contributed by atoms with Crippen LogP contribution in [0, 0.1) is 0 Å². The van der Waals surface area contributed by atoms with Crippen LogP contribution in [0.4, 0.5) is 0 Å². The van der Waals surface area contributed by atoms with Gasteiger partial charge >= 0.3 is 13.8 Å². The number of phosphoric ester groups is 1. The number of hydrogen-bond donors (Lipinski definition) is 2. The molecule has 0 rings (SSSR count). The summed E-state index contributed by atoms with van der Waals surface area (Å²) < 4.78 is 30.8. The summed E-state index contributed by atoms with van der Waals surface area (Å²) in [5, 5.41) is 3.06. The fraction of sp³-hybridized carbons (Fsp3) is 0.778. The summed E-state index contributed by atoms with van der Waals surface area (Å²) in [6, 6.07) is -0.858. The minimum atomic E-state index is -4.46. The standard InChI is InChI=1S/C72H131N2O7P/c1-7-10-13-16-19-22-25-28-30-32-34-36-37-39-41-43-45-47-50-53-56-59-62-65-72(76)81-70(63-60-57-54-51-48-27-24-21-18-15-12-9-3)69(68-80-82(77,78)79-67-66-74(4,5)6)73-71(75)64-61-58-55-52-49-46-44-42-40-38-35-33-31-29-26-23-20-17-14-11-8-2/h19-20,22-23,28-31,34,36,39,41,60,63,69-70H,7-18,21,24-27,32-33,35,37-38,40,42-59,61-62,64-68H2,1-6H3,(H-,73,75,77,78)/p+1/b22-19-,23-20-,30-28-,31-29-,36-34-,41-39-,63-60+. The van der Waals surface area contributed by atoms with E-state index in [4.69, 9.17) is 13.8 Å². The lowest BCUT2D eigenvalue weighted by Crippen LogP contribution is -2.47. The number of nitrogens with zero attached hydrogens (tertiary/aromatic N) is 1. The van der Waals surface area contributed by atoms with Gasteiger partial charge in [0.25, 0.3) is 0 Å². The number of hydrogen-bond acceptors (Lipinski definition) is 6. The van der Waals surface area contributed by atoms with Crippen LogP contribution in [-0.2, 0) is 27.9 Å². The van der Waals surface area contributed by atoms with E-state index in [2.05, 4.69) is 99.0 Å². The number of carbonyl (C=O) groups is 2. The summed E-state index contributed by atoms with van der Waals surface area (Å²) in [5.74, 6) is -0.515. The Labute approximate surface area is 507 Å². The molecule has 0 saturated heterocycles. The zero-order valence-electron chi connectivity index (χ0n) is 54.5. The molecule has 0 radical (unpaired) electrons. The Balaban J connectivity index is 5.16. The number of quaternary nitrogens is 1. The molecule has 0 aliphatic heterocycles. The van der Waals surface area contributed by atoms with Crippen molar-refractivity contribution in [1.82, 2.24) is 5.32 Å². The Morgan fingerprint density at radius 2 is 0.744 bits per heavy atom. The number of carbonyl (C=O) groups excluding carboxylic acids is 2. The molecule has 0 aromatic carbocycles. The summed E-state index contributed by atoms with van der Waals surface area (Å²) in [4.78, 5) is 37.9. The van der Waals surface area contributed by atoms with E-state index in [0.717, 1.165) is 96.3 Å². The second-order valence-electron chi connectivity index (χ2n) is 24.3. The van der Waals surface area contributed by atoms with Gasteiger partial charge in [0.1, 0.15) is 19.3 Å². The minimum absolute atomic E-state index is 0.0352. The van der Waals surface area contributed by atoms with Gasteiger partial charge in [0.2, 0.25) is 5.91 Å². The first kappa shape index (κ1) is 79.2. The van der Waals surface area contributed by atoms with Gasteiger partial charge in [0.15, 0.2) is 0 Å². The average molecular weight is 1170 g/mol. The number of esters is 1. The Kier molecular flexibility index (Phi) is 59.2. The molecular weight excluding hydrogens is 1040 g/mol. The van der Waals surface area contributed by atoms with Gasteiger partial charge in [-0.15, -0.1) is 0 Å². The summed E-state index contributed by atoms with van der Waals surface area (Å²) in [6.07, 6.45) is 81.5. The van der Waals surface area contributed by atoms with Crippen LogP contribution in [0.25, 0.3) is 0 Å². The first-order chi connectivity index (χ1) is 39.9. The van der Waals surface area contributed by atoms with Crippen LogP contribution in [0.15, 0.2) is 85.1 Å². The van der Waals surface area contributed by atoms with E-state index in [9.17, 15) is 19.0 Å². The zero-order valence-corrected chi connectivity index (χ0v) is 55.4. The summed E-state index contributed by atoms with van der Waals surface area (Å²) in [5.41, 5.74) is 0. The topological polar surface area (TPSA) is 111 Å². The normalized spacial score (nSPS) is 14.1. The third kappa shape index (κ3) is 61.7. The van der Waals surface area contributed by atoms with Gasteiger partial charge in [-0.3, -0.25) is 18.6 Å². The van der Waals surface area contributed by atoms with Crippen molar-refractivity contribution >= 4 is 19.7 Å². The van der Waals surface area contributed by atoms with Crippen molar-refractivity contribution in [3.05, 3.63) is 85.1 Å². The SMILES string of the molecule is CCCCC/C=C\C/C=C\C/C=C\C/C=C\CCCCCCCCCC(=O)OC(/C=C/CCCCCCCCCCCC)C(COP(=O)(O)OCC[N+](C)(C)C)NC(=O)CCCCCCCCCCCCC/C=C\C/C=C\CCCCC. The average Bonchev–Trinajstić information content (AvgIpc) is 3.44. The molecule has 0 spiro atoms. The van der Waals surface area contributed by atoms with Gasteiger partial charge in [-0.05, 0) is 109 Å². The molecule has 0 aromatic heterocycles. The number of amides is 1. The third-order valence-electron chi connectivity index (χ3n) is 15.1. The number of ether oxygens (including phenoxy) is 1. The highest BCUT2D eigenvalue weighted by Gasteiger charge is 2.30. The second-order valence-corrected chi connectivity index (χ2v) is 25.8. The van der Waals surface area contributed by atoms with E-state index in [1.807, 2.05) is 33.3 Å². The van der Waals surface area contributed by atoms with Crippen LogP contribution in [-0.4, -0.2) is 74.3 Å². The second kappa shape index (κ2) is 61.3. The van der Waals surface area contributed by atoms with E-state index < -0.39 is 20.0 Å². The molecule has 476 valence electrons. The Morgan fingerprint density at radius 3 is 1.13 bits per heavy atom. The molecule has 0 heterocycles. The number of phosphoric acid groups is 1. The number of rotatable bonds is 62. The van der Waals surface area contributed by atoms with E-state index in [1.54, 1.807) is 0 Å². The first-order valence-corrected chi connectivity index (χ1v) is 35.9. The Morgan fingerprint density at radius 1 is 0.427 bits per heavy atom. The van der Waals surface area contributed by atoms with Gasteiger partial charge in [0, 0.05) is 12.8 Å². The molecule has 0 saturated carbocycles. The zero-order chi connectivity index (χ0) is 60.0. The first-order valence-electron chi connectivity index (χ1n) is 34.4. The van der Waals surface area contributed by atoms with Crippen molar-refractivity contribution in [2.75, 3.05) is 40.9 Å². The lowest BCUT2D eigenvalue weighted by Gasteiger charge is -2.27. The Bertz CT molecular complexity index is 1680. The lowest BCUT2D eigenvalue weighted by molar-refractivity contribution is -0.870. The molecule has 0 aliphatic carbocycles. The number of nitrogens with one attached hydrogen (secondary N) is 1. The highest BCUT2D eigenvalue weighted by Crippen LogP contribution is 2.43. The van der Waals surface area contributed by atoms with Gasteiger partial charge in [0.05, 0.1) is 33.8 Å². The fourth-order valence-electron chi connectivity index (χ4n) is 9.72. The van der Waals surface area contributed by atoms with Crippen molar-refractivity contribution in [2.24, 2.45) is 0 Å². The highest BCUT2D eigenvalue weighted by atomic mass is 31.2. The van der Waals surface area contributed by atoms with Gasteiger partial charge in [-0.2, -0.15) is 0 Å². The summed E-state index contributed by atoms with van der Waals surface area (Å²) in [7, 11) is 1.49. The predicted molar refractivity (Wildman–Crippen MR) is 355 cm³/mol. The predicted octanol–water partition coefficient (Wildman–Crippen LogP) is 21.7.